The van der Waals surface area contributed by atoms with Gasteiger partial charge >= 0.3 is 0 Å². The Bertz CT molecular complexity index is 1160. The third-order valence-electron chi connectivity index (χ3n) is 5.57. The number of carbonyl (C=O) groups is 2. The minimum atomic E-state index is -0.956. The highest BCUT2D eigenvalue weighted by Gasteiger charge is 2.59. The number of carbonyl (C=O) groups excluding carboxylic acids is 2. The van der Waals surface area contributed by atoms with Gasteiger partial charge in [0.05, 0.1) is 17.6 Å². The average Bonchev–Trinajstić information content (AvgIpc) is 2.95. The van der Waals surface area contributed by atoms with Crippen molar-refractivity contribution < 1.29 is 18.4 Å². The second kappa shape index (κ2) is 7.67. The monoisotopic (exact) mass is 441 g/mol. The van der Waals surface area contributed by atoms with Crippen molar-refractivity contribution in [3.05, 3.63) is 47.5 Å². The molecule has 1 aliphatic carbocycles. The summed E-state index contributed by atoms with van der Waals surface area (Å²) in [6, 6.07) is 7.42. The molecule has 10 heteroatoms. The van der Waals surface area contributed by atoms with Crippen molar-refractivity contribution in [1.29, 1.82) is 5.26 Å². The number of aromatic nitrogens is 1. The molecule has 2 heterocycles. The quantitative estimate of drug-likeness (QED) is 0.730. The number of hydrogen-bond acceptors (Lipinski definition) is 5. The Balaban J connectivity index is 1.76. The molecule has 1 N–H and O–H groups in total. The molecule has 7 nitrogen and oxygen atoms in total. The summed E-state index contributed by atoms with van der Waals surface area (Å²) in [5.74, 6) is -1.36. The van der Waals surface area contributed by atoms with Gasteiger partial charge in [0.1, 0.15) is 29.8 Å². The number of thiocarbonyl (C=S) groups is 1. The summed E-state index contributed by atoms with van der Waals surface area (Å²) < 4.78 is 28.0. The van der Waals surface area contributed by atoms with Crippen molar-refractivity contribution in [2.75, 3.05) is 15.1 Å². The first-order chi connectivity index (χ1) is 14.8. The molecule has 0 bridgehead atoms. The zero-order valence-electron chi connectivity index (χ0n) is 16.5. The number of anilines is 3. The van der Waals surface area contributed by atoms with Crippen LogP contribution in [0.1, 0.15) is 37.4 Å². The van der Waals surface area contributed by atoms with Gasteiger partial charge in [-0.05, 0) is 55.7 Å². The molecule has 158 valence electrons. The van der Waals surface area contributed by atoms with E-state index in [1.54, 1.807) is 11.0 Å². The Morgan fingerprint density at radius 1 is 1.35 bits per heavy atom. The molecule has 2 amide bonds. The van der Waals surface area contributed by atoms with Gasteiger partial charge in [-0.2, -0.15) is 5.26 Å². The number of rotatable bonds is 4. The van der Waals surface area contributed by atoms with Crippen molar-refractivity contribution in [2.45, 2.75) is 38.4 Å². The van der Waals surface area contributed by atoms with Crippen LogP contribution in [0.5, 0.6) is 0 Å². The van der Waals surface area contributed by atoms with Crippen LogP contribution in [0.2, 0.25) is 0 Å². The minimum absolute atomic E-state index is 0.0242. The third-order valence-corrected chi connectivity index (χ3v) is 5.94. The standard InChI is InChI=1S/C21H17F2N5O2S/c1-12(29)26-17-4-3-14(8-16(17)23)28-20(31)27(19(30)21(28)5-2-6-21)15-7-13(9-22)18(10-24)25-11-15/h3-4,7-8,11H,2,5-6,9H2,1H3,(H,26,29). The molecule has 31 heavy (non-hydrogen) atoms. The smallest absolute Gasteiger partial charge is 0.259 e. The highest BCUT2D eigenvalue weighted by Crippen LogP contribution is 2.48. The fraction of sp³-hybridized carbons (Fsp3) is 0.286. The van der Waals surface area contributed by atoms with Gasteiger partial charge in [-0.3, -0.25) is 14.5 Å². The van der Waals surface area contributed by atoms with E-state index in [2.05, 4.69) is 10.3 Å². The Morgan fingerprint density at radius 2 is 2.10 bits per heavy atom. The number of halogens is 2. The fourth-order valence-electron chi connectivity index (χ4n) is 3.96. The highest BCUT2D eigenvalue weighted by atomic mass is 32.1. The molecule has 4 rings (SSSR count). The van der Waals surface area contributed by atoms with E-state index in [-0.39, 0.29) is 33.7 Å². The van der Waals surface area contributed by atoms with Crippen LogP contribution in [0.25, 0.3) is 0 Å². The van der Waals surface area contributed by atoms with Crippen LogP contribution < -0.4 is 15.1 Å². The van der Waals surface area contributed by atoms with Crippen molar-refractivity contribution >= 4 is 46.2 Å². The first-order valence-electron chi connectivity index (χ1n) is 9.53. The molecule has 1 saturated carbocycles. The van der Waals surface area contributed by atoms with Crippen molar-refractivity contribution in [1.82, 2.24) is 4.98 Å². The molecule has 1 saturated heterocycles. The van der Waals surface area contributed by atoms with Crippen LogP contribution in [-0.2, 0) is 16.3 Å². The van der Waals surface area contributed by atoms with Gasteiger partial charge in [-0.1, -0.05) is 0 Å². The largest absolute Gasteiger partial charge is 0.324 e. The lowest BCUT2D eigenvalue weighted by atomic mass is 9.75. The van der Waals surface area contributed by atoms with Gasteiger partial charge in [0.2, 0.25) is 5.91 Å². The topological polar surface area (TPSA) is 89.3 Å². The van der Waals surface area contributed by atoms with E-state index < -0.39 is 23.9 Å². The van der Waals surface area contributed by atoms with E-state index >= 15 is 0 Å². The molecule has 0 unspecified atom stereocenters. The van der Waals surface area contributed by atoms with Crippen molar-refractivity contribution in [3.63, 3.8) is 0 Å². The zero-order chi connectivity index (χ0) is 22.3. The van der Waals surface area contributed by atoms with Crippen molar-refractivity contribution in [2.24, 2.45) is 0 Å². The fourth-order valence-corrected chi connectivity index (χ4v) is 4.43. The highest BCUT2D eigenvalue weighted by molar-refractivity contribution is 7.81. The number of nitrogens with one attached hydrogen (secondary N) is 1. The maximum absolute atomic E-state index is 14.6. The molecule has 1 aromatic heterocycles. The maximum atomic E-state index is 14.6. The van der Waals surface area contributed by atoms with E-state index in [0.29, 0.717) is 18.5 Å². The Morgan fingerprint density at radius 3 is 2.65 bits per heavy atom. The predicted octanol–water partition coefficient (Wildman–Crippen LogP) is 3.58. The lowest BCUT2D eigenvalue weighted by Gasteiger charge is -2.43. The number of amides is 2. The summed E-state index contributed by atoms with van der Waals surface area (Å²) in [5, 5.41) is 11.6. The number of nitrogens with zero attached hydrogens (tertiary/aromatic N) is 4. The molecular formula is C21H17F2N5O2S. The molecule has 0 atom stereocenters. The first kappa shape index (κ1) is 20.8. The Hall–Kier alpha value is -3.45. The molecule has 1 spiro atoms. The van der Waals surface area contributed by atoms with Crippen LogP contribution in [-0.4, -0.2) is 27.4 Å². The normalized spacial score (nSPS) is 17.0. The summed E-state index contributed by atoms with van der Waals surface area (Å²) in [7, 11) is 0. The number of hydrogen-bond donors (Lipinski definition) is 1. The summed E-state index contributed by atoms with van der Waals surface area (Å²) >= 11 is 5.59. The van der Waals surface area contributed by atoms with Gasteiger partial charge in [-0.15, -0.1) is 0 Å². The summed E-state index contributed by atoms with van der Waals surface area (Å²) in [4.78, 5) is 31.5. The Labute approximate surface area is 182 Å². The number of pyridine rings is 1. The van der Waals surface area contributed by atoms with Crippen LogP contribution in [0.3, 0.4) is 0 Å². The van der Waals surface area contributed by atoms with E-state index in [1.807, 2.05) is 6.07 Å². The van der Waals surface area contributed by atoms with Crippen LogP contribution in [0, 0.1) is 17.1 Å². The number of alkyl halides is 1. The molecule has 0 radical (unpaired) electrons. The van der Waals surface area contributed by atoms with Gasteiger partial charge in [-0.25, -0.2) is 13.8 Å². The van der Waals surface area contributed by atoms with Gasteiger partial charge < -0.3 is 10.2 Å². The summed E-state index contributed by atoms with van der Waals surface area (Å²) in [5.41, 5.74) is -0.304. The van der Waals surface area contributed by atoms with Gasteiger partial charge in [0.15, 0.2) is 5.11 Å². The number of benzene rings is 1. The Kier molecular flexibility index (Phi) is 5.15. The van der Waals surface area contributed by atoms with Crippen LogP contribution >= 0.6 is 12.2 Å². The van der Waals surface area contributed by atoms with E-state index in [9.17, 15) is 18.4 Å². The molecule has 2 aromatic rings. The lowest BCUT2D eigenvalue weighted by Crippen LogP contribution is -2.55. The molecular weight excluding hydrogens is 424 g/mol. The van der Waals surface area contributed by atoms with E-state index in [0.717, 1.165) is 6.42 Å². The zero-order valence-corrected chi connectivity index (χ0v) is 17.3. The first-order valence-corrected chi connectivity index (χ1v) is 9.94. The summed E-state index contributed by atoms with van der Waals surface area (Å²) in [6.45, 7) is 0.364. The third kappa shape index (κ3) is 3.21. The van der Waals surface area contributed by atoms with Crippen LogP contribution in [0.15, 0.2) is 30.5 Å². The maximum Gasteiger partial charge on any atom is 0.259 e. The van der Waals surface area contributed by atoms with Gasteiger partial charge in [0, 0.05) is 18.2 Å². The average molecular weight is 441 g/mol. The van der Waals surface area contributed by atoms with Crippen molar-refractivity contribution in [3.8, 4) is 6.07 Å². The SMILES string of the molecule is CC(=O)Nc1ccc(N2C(=S)N(c3cnc(C#N)c(CF)c3)C(=O)C23CCC3)cc1F. The predicted molar refractivity (Wildman–Crippen MR) is 114 cm³/mol. The molecule has 2 fully saturated rings. The van der Waals surface area contributed by atoms with E-state index in [4.69, 9.17) is 17.5 Å². The molecule has 1 aliphatic heterocycles. The minimum Gasteiger partial charge on any atom is -0.324 e. The number of nitriles is 1. The molecule has 1 aromatic carbocycles. The van der Waals surface area contributed by atoms with Crippen LogP contribution in [0.4, 0.5) is 25.8 Å². The van der Waals surface area contributed by atoms with E-state index in [1.165, 1.54) is 36.2 Å². The lowest BCUT2D eigenvalue weighted by molar-refractivity contribution is -0.124. The summed E-state index contributed by atoms with van der Waals surface area (Å²) in [6.07, 6.45) is 3.15. The van der Waals surface area contributed by atoms with Gasteiger partial charge in [0.25, 0.3) is 5.91 Å². The second-order valence-electron chi connectivity index (χ2n) is 7.44. The molecule has 2 aliphatic rings. The second-order valence-corrected chi connectivity index (χ2v) is 7.80.